The minimum atomic E-state index is -0.0555. The lowest BCUT2D eigenvalue weighted by molar-refractivity contribution is -0.140. The van der Waals surface area contributed by atoms with E-state index >= 15 is 0 Å². The number of hydrogen-bond acceptors (Lipinski definition) is 3. The van der Waals surface area contributed by atoms with Gasteiger partial charge in [0.2, 0.25) is 11.8 Å². The van der Waals surface area contributed by atoms with Gasteiger partial charge >= 0.3 is 0 Å². The summed E-state index contributed by atoms with van der Waals surface area (Å²) in [5, 5.41) is 2.74. The Kier molecular flexibility index (Phi) is 4.22. The van der Waals surface area contributed by atoms with E-state index in [1.165, 1.54) is 19.3 Å². The maximum absolute atomic E-state index is 12.3. The maximum atomic E-state index is 12.3. The lowest BCUT2D eigenvalue weighted by Crippen LogP contribution is -2.51. The van der Waals surface area contributed by atoms with Crippen LogP contribution in [-0.2, 0) is 9.59 Å². The van der Waals surface area contributed by atoms with Crippen LogP contribution in [0.3, 0.4) is 0 Å². The number of amides is 2. The molecule has 0 bridgehead atoms. The highest BCUT2D eigenvalue weighted by Gasteiger charge is 2.35. The summed E-state index contributed by atoms with van der Waals surface area (Å²) >= 11 is 0. The van der Waals surface area contributed by atoms with Gasteiger partial charge in [0, 0.05) is 19.5 Å². The largest absolute Gasteiger partial charge is 0.353 e. The SMILES string of the molecule is NCC1(CC(=O)N2CCNC(=O)C2)CCCCC1. The molecule has 0 aromatic carbocycles. The van der Waals surface area contributed by atoms with Crippen LogP contribution >= 0.6 is 0 Å². The van der Waals surface area contributed by atoms with Crippen molar-refractivity contribution in [3.05, 3.63) is 0 Å². The Hall–Kier alpha value is -1.10. The molecule has 5 heteroatoms. The second kappa shape index (κ2) is 5.69. The first-order chi connectivity index (χ1) is 8.65. The van der Waals surface area contributed by atoms with E-state index in [0.717, 1.165) is 12.8 Å². The third kappa shape index (κ3) is 3.02. The number of nitrogens with zero attached hydrogens (tertiary/aromatic N) is 1. The highest BCUT2D eigenvalue weighted by atomic mass is 16.2. The third-order valence-electron chi connectivity index (χ3n) is 4.26. The van der Waals surface area contributed by atoms with Crippen LogP contribution in [0.4, 0.5) is 0 Å². The maximum Gasteiger partial charge on any atom is 0.239 e. The summed E-state index contributed by atoms with van der Waals surface area (Å²) in [7, 11) is 0. The van der Waals surface area contributed by atoms with Crippen molar-refractivity contribution >= 4 is 11.8 Å². The van der Waals surface area contributed by atoms with Crippen LogP contribution in [0, 0.1) is 5.41 Å². The lowest BCUT2D eigenvalue weighted by atomic mass is 9.71. The van der Waals surface area contributed by atoms with Gasteiger partial charge in [-0.05, 0) is 24.8 Å². The fourth-order valence-electron chi connectivity index (χ4n) is 3.04. The normalized spacial score (nSPS) is 23.6. The van der Waals surface area contributed by atoms with Crippen LogP contribution < -0.4 is 11.1 Å². The molecule has 2 aliphatic rings. The predicted molar refractivity (Wildman–Crippen MR) is 68.8 cm³/mol. The van der Waals surface area contributed by atoms with Crippen molar-refractivity contribution in [2.24, 2.45) is 11.1 Å². The zero-order valence-corrected chi connectivity index (χ0v) is 10.9. The highest BCUT2D eigenvalue weighted by Crippen LogP contribution is 2.38. The van der Waals surface area contributed by atoms with Crippen molar-refractivity contribution in [3.8, 4) is 0 Å². The molecule has 2 fully saturated rings. The van der Waals surface area contributed by atoms with Crippen molar-refractivity contribution in [1.29, 1.82) is 0 Å². The Bertz CT molecular complexity index is 324. The molecule has 1 aliphatic heterocycles. The van der Waals surface area contributed by atoms with Crippen molar-refractivity contribution in [1.82, 2.24) is 10.2 Å². The molecule has 0 aromatic rings. The smallest absolute Gasteiger partial charge is 0.239 e. The first-order valence-corrected chi connectivity index (χ1v) is 6.90. The van der Waals surface area contributed by atoms with Gasteiger partial charge in [-0.3, -0.25) is 9.59 Å². The van der Waals surface area contributed by atoms with Crippen molar-refractivity contribution < 1.29 is 9.59 Å². The minimum Gasteiger partial charge on any atom is -0.353 e. The molecular formula is C13H23N3O2. The van der Waals surface area contributed by atoms with E-state index in [2.05, 4.69) is 5.32 Å². The summed E-state index contributed by atoms with van der Waals surface area (Å²) in [4.78, 5) is 25.2. The third-order valence-corrected chi connectivity index (χ3v) is 4.26. The molecule has 0 atom stereocenters. The van der Waals surface area contributed by atoms with Crippen molar-refractivity contribution in [3.63, 3.8) is 0 Å². The molecule has 5 nitrogen and oxygen atoms in total. The Morgan fingerprint density at radius 2 is 2.06 bits per heavy atom. The van der Waals surface area contributed by atoms with E-state index in [9.17, 15) is 9.59 Å². The molecule has 2 amide bonds. The molecule has 0 aromatic heterocycles. The van der Waals surface area contributed by atoms with Gasteiger partial charge in [0.15, 0.2) is 0 Å². The number of nitrogens with two attached hydrogens (primary N) is 1. The summed E-state index contributed by atoms with van der Waals surface area (Å²) in [5.41, 5.74) is 5.88. The zero-order chi connectivity index (χ0) is 13.0. The average Bonchev–Trinajstić information content (AvgIpc) is 2.40. The van der Waals surface area contributed by atoms with Crippen LogP contribution in [0.2, 0.25) is 0 Å². The second-order valence-electron chi connectivity index (χ2n) is 5.61. The van der Waals surface area contributed by atoms with Crippen LogP contribution in [0.15, 0.2) is 0 Å². The number of hydrogen-bond donors (Lipinski definition) is 2. The van der Waals surface area contributed by atoms with Crippen LogP contribution in [0.25, 0.3) is 0 Å². The molecule has 2 rings (SSSR count). The summed E-state index contributed by atoms with van der Waals surface area (Å²) in [6, 6.07) is 0. The Balaban J connectivity index is 1.94. The van der Waals surface area contributed by atoms with Gasteiger partial charge in [0.25, 0.3) is 0 Å². The van der Waals surface area contributed by atoms with Crippen LogP contribution in [0.1, 0.15) is 38.5 Å². The Morgan fingerprint density at radius 1 is 1.33 bits per heavy atom. The minimum absolute atomic E-state index is 0.0107. The topological polar surface area (TPSA) is 75.4 Å². The molecule has 0 spiro atoms. The Morgan fingerprint density at radius 3 is 2.67 bits per heavy atom. The molecule has 18 heavy (non-hydrogen) atoms. The zero-order valence-electron chi connectivity index (χ0n) is 10.9. The second-order valence-corrected chi connectivity index (χ2v) is 5.61. The van der Waals surface area contributed by atoms with E-state index < -0.39 is 0 Å². The van der Waals surface area contributed by atoms with E-state index in [-0.39, 0.29) is 23.8 Å². The summed E-state index contributed by atoms with van der Waals surface area (Å²) in [6.45, 7) is 1.99. The summed E-state index contributed by atoms with van der Waals surface area (Å²) < 4.78 is 0. The first kappa shape index (κ1) is 13.3. The van der Waals surface area contributed by atoms with Gasteiger partial charge in [-0.25, -0.2) is 0 Å². The van der Waals surface area contributed by atoms with Crippen LogP contribution in [-0.4, -0.2) is 42.9 Å². The van der Waals surface area contributed by atoms with E-state index in [0.29, 0.717) is 26.1 Å². The number of carbonyl (C=O) groups excluding carboxylic acids is 2. The van der Waals surface area contributed by atoms with Gasteiger partial charge in [-0.1, -0.05) is 19.3 Å². The molecule has 3 N–H and O–H groups in total. The van der Waals surface area contributed by atoms with E-state index in [4.69, 9.17) is 5.73 Å². The number of piperazine rings is 1. The van der Waals surface area contributed by atoms with Gasteiger partial charge in [0.05, 0.1) is 6.54 Å². The van der Waals surface area contributed by atoms with Crippen molar-refractivity contribution in [2.75, 3.05) is 26.2 Å². The number of rotatable bonds is 3. The molecule has 1 aliphatic carbocycles. The number of carbonyl (C=O) groups is 2. The summed E-state index contributed by atoms with van der Waals surface area (Å²) in [6.07, 6.45) is 6.21. The van der Waals surface area contributed by atoms with E-state index in [1.54, 1.807) is 4.90 Å². The van der Waals surface area contributed by atoms with Crippen LogP contribution in [0.5, 0.6) is 0 Å². The molecule has 1 heterocycles. The Labute approximate surface area is 108 Å². The summed E-state index contributed by atoms with van der Waals surface area (Å²) in [5.74, 6) is 0.0391. The number of nitrogens with one attached hydrogen (secondary N) is 1. The molecule has 102 valence electrons. The molecule has 0 radical (unpaired) electrons. The van der Waals surface area contributed by atoms with Gasteiger partial charge in [-0.15, -0.1) is 0 Å². The quantitative estimate of drug-likeness (QED) is 0.756. The predicted octanol–water partition coefficient (Wildman–Crippen LogP) is 0.244. The first-order valence-electron chi connectivity index (χ1n) is 6.90. The molecular weight excluding hydrogens is 230 g/mol. The standard InChI is InChI=1S/C13H23N3O2/c14-10-13(4-2-1-3-5-13)8-12(18)16-7-6-15-11(17)9-16/h1-10,14H2,(H,15,17). The fraction of sp³-hybridized carbons (Fsp3) is 0.846. The van der Waals surface area contributed by atoms with Gasteiger partial charge in [0.1, 0.15) is 0 Å². The van der Waals surface area contributed by atoms with Gasteiger partial charge < -0.3 is 16.0 Å². The molecule has 0 unspecified atom stereocenters. The van der Waals surface area contributed by atoms with Crippen molar-refractivity contribution in [2.45, 2.75) is 38.5 Å². The van der Waals surface area contributed by atoms with E-state index in [1.807, 2.05) is 0 Å². The molecule has 1 saturated carbocycles. The molecule has 1 saturated heterocycles. The highest BCUT2D eigenvalue weighted by molar-refractivity contribution is 5.86. The van der Waals surface area contributed by atoms with Gasteiger partial charge in [-0.2, -0.15) is 0 Å². The monoisotopic (exact) mass is 253 g/mol. The fourth-order valence-corrected chi connectivity index (χ4v) is 3.04. The lowest BCUT2D eigenvalue weighted by Gasteiger charge is -2.38. The average molecular weight is 253 g/mol.